The van der Waals surface area contributed by atoms with E-state index in [9.17, 15) is 4.79 Å². The third-order valence-corrected chi connectivity index (χ3v) is 3.27. The lowest BCUT2D eigenvalue weighted by Gasteiger charge is -2.12. The molecular weight excluding hydrogens is 312 g/mol. The Balaban J connectivity index is 2.37. The fourth-order valence-electron chi connectivity index (χ4n) is 2.12. The minimum absolute atomic E-state index is 0.402. The zero-order valence-electron chi connectivity index (χ0n) is 13.9. The molecule has 0 aromatic heterocycles. The van der Waals surface area contributed by atoms with E-state index in [4.69, 9.17) is 18.9 Å². The molecule has 24 heavy (non-hydrogen) atoms. The molecule has 7 heteroatoms. The van der Waals surface area contributed by atoms with E-state index in [1.165, 1.54) is 28.4 Å². The number of aldehydes is 1. The van der Waals surface area contributed by atoms with Gasteiger partial charge in [0, 0.05) is 12.1 Å². The Labute approximate surface area is 139 Å². The molecule has 0 aliphatic heterocycles. The molecule has 0 N–H and O–H groups in total. The minimum Gasteiger partial charge on any atom is -0.496 e. The summed E-state index contributed by atoms with van der Waals surface area (Å²) in [6.45, 7) is 0. The summed E-state index contributed by atoms with van der Waals surface area (Å²) >= 11 is 0. The number of carbonyl (C=O) groups excluding carboxylic acids is 1. The molecule has 7 nitrogen and oxygen atoms in total. The molecule has 0 amide bonds. The molecule has 0 aliphatic carbocycles. The van der Waals surface area contributed by atoms with Crippen molar-refractivity contribution in [2.45, 2.75) is 0 Å². The largest absolute Gasteiger partial charge is 0.496 e. The van der Waals surface area contributed by atoms with E-state index in [1.807, 2.05) is 0 Å². The van der Waals surface area contributed by atoms with Crippen molar-refractivity contribution in [1.82, 2.24) is 0 Å². The van der Waals surface area contributed by atoms with Gasteiger partial charge in [-0.3, -0.25) is 4.79 Å². The Morgan fingerprint density at radius 3 is 1.83 bits per heavy atom. The first kappa shape index (κ1) is 17.3. The van der Waals surface area contributed by atoms with E-state index in [-0.39, 0.29) is 0 Å². The Hall–Kier alpha value is -3.09. The molecule has 0 saturated heterocycles. The van der Waals surface area contributed by atoms with Gasteiger partial charge in [-0.15, -0.1) is 0 Å². The summed E-state index contributed by atoms with van der Waals surface area (Å²) in [4.78, 5) is 11.1. The van der Waals surface area contributed by atoms with Gasteiger partial charge in [-0.2, -0.15) is 10.2 Å². The summed E-state index contributed by atoms with van der Waals surface area (Å²) in [6, 6.07) is 8.30. The van der Waals surface area contributed by atoms with E-state index in [2.05, 4.69) is 10.2 Å². The van der Waals surface area contributed by atoms with Gasteiger partial charge < -0.3 is 18.9 Å². The minimum atomic E-state index is 0.402. The molecule has 0 unspecified atom stereocenters. The van der Waals surface area contributed by atoms with E-state index in [0.29, 0.717) is 46.2 Å². The molecule has 0 bridgehead atoms. The predicted octanol–water partition coefficient (Wildman–Crippen LogP) is 3.95. The molecule has 0 radical (unpaired) electrons. The third kappa shape index (κ3) is 3.62. The van der Waals surface area contributed by atoms with E-state index in [1.54, 1.807) is 30.3 Å². The summed E-state index contributed by atoms with van der Waals surface area (Å²) in [5.41, 5.74) is 1.44. The maximum atomic E-state index is 11.1. The van der Waals surface area contributed by atoms with Crippen molar-refractivity contribution in [2.24, 2.45) is 10.2 Å². The lowest BCUT2D eigenvalue weighted by atomic mass is 10.2. The standard InChI is InChI=1S/C17H18N2O5/c1-21-14-6-5-12(7-11(14)10-20)18-19-13-8-15(22-2)17(24-4)16(9-13)23-3/h5-10H,1-4H3/b19-18+. The Kier molecular flexibility index (Phi) is 5.73. The molecule has 126 valence electrons. The van der Waals surface area contributed by atoms with Crippen molar-refractivity contribution >= 4 is 17.7 Å². The highest BCUT2D eigenvalue weighted by Crippen LogP contribution is 2.41. The van der Waals surface area contributed by atoms with Crippen LogP contribution in [0, 0.1) is 0 Å². The van der Waals surface area contributed by atoms with Crippen molar-refractivity contribution < 1.29 is 23.7 Å². The maximum Gasteiger partial charge on any atom is 0.203 e. The van der Waals surface area contributed by atoms with Gasteiger partial charge in [0.2, 0.25) is 5.75 Å². The Morgan fingerprint density at radius 2 is 1.33 bits per heavy atom. The number of benzene rings is 2. The topological polar surface area (TPSA) is 78.7 Å². The van der Waals surface area contributed by atoms with Crippen LogP contribution in [0.25, 0.3) is 0 Å². The van der Waals surface area contributed by atoms with Gasteiger partial charge in [0.25, 0.3) is 0 Å². The van der Waals surface area contributed by atoms with Crippen LogP contribution in [0.5, 0.6) is 23.0 Å². The normalized spacial score (nSPS) is 10.5. The van der Waals surface area contributed by atoms with Crippen LogP contribution >= 0.6 is 0 Å². The van der Waals surface area contributed by atoms with Gasteiger partial charge in [-0.25, -0.2) is 0 Å². The van der Waals surface area contributed by atoms with Crippen molar-refractivity contribution in [1.29, 1.82) is 0 Å². The van der Waals surface area contributed by atoms with Crippen LogP contribution in [-0.2, 0) is 0 Å². The SMILES string of the molecule is COc1ccc(/N=N/c2cc(OC)c(OC)c(OC)c2)cc1C=O. The first-order valence-corrected chi connectivity index (χ1v) is 7.01. The van der Waals surface area contributed by atoms with Crippen molar-refractivity contribution in [3.63, 3.8) is 0 Å². The second-order valence-electron chi connectivity index (χ2n) is 4.63. The Bertz CT molecular complexity index is 734. The number of azo groups is 1. The van der Waals surface area contributed by atoms with E-state index in [0.717, 1.165) is 0 Å². The number of rotatable bonds is 7. The highest BCUT2D eigenvalue weighted by molar-refractivity contribution is 5.81. The predicted molar refractivity (Wildman–Crippen MR) is 88.7 cm³/mol. The lowest BCUT2D eigenvalue weighted by Crippen LogP contribution is -1.94. The molecular formula is C17H18N2O5. The third-order valence-electron chi connectivity index (χ3n) is 3.27. The van der Waals surface area contributed by atoms with Gasteiger partial charge in [-0.1, -0.05) is 0 Å². The average molecular weight is 330 g/mol. The summed E-state index contributed by atoms with van der Waals surface area (Å²) in [7, 11) is 6.08. The molecule has 0 fully saturated rings. The maximum absolute atomic E-state index is 11.1. The zero-order chi connectivity index (χ0) is 17.5. The Morgan fingerprint density at radius 1 is 0.750 bits per heavy atom. The molecule has 2 aromatic rings. The van der Waals surface area contributed by atoms with Crippen LogP contribution in [0.4, 0.5) is 11.4 Å². The zero-order valence-corrected chi connectivity index (χ0v) is 13.9. The van der Waals surface area contributed by atoms with Crippen LogP contribution in [-0.4, -0.2) is 34.7 Å². The van der Waals surface area contributed by atoms with Gasteiger partial charge in [0.15, 0.2) is 17.8 Å². The van der Waals surface area contributed by atoms with Gasteiger partial charge >= 0.3 is 0 Å². The van der Waals surface area contributed by atoms with Crippen molar-refractivity contribution in [2.75, 3.05) is 28.4 Å². The number of methoxy groups -OCH3 is 4. The average Bonchev–Trinajstić information content (AvgIpc) is 2.64. The molecule has 0 atom stereocenters. The summed E-state index contributed by atoms with van der Waals surface area (Å²) < 4.78 is 20.9. The van der Waals surface area contributed by atoms with Crippen LogP contribution in [0.2, 0.25) is 0 Å². The van der Waals surface area contributed by atoms with Crippen molar-refractivity contribution in [3.05, 3.63) is 35.9 Å². The van der Waals surface area contributed by atoms with Crippen LogP contribution in [0.1, 0.15) is 10.4 Å². The fourth-order valence-corrected chi connectivity index (χ4v) is 2.12. The number of hydrogen-bond acceptors (Lipinski definition) is 7. The molecule has 0 aliphatic rings. The second kappa shape index (κ2) is 7.96. The highest BCUT2D eigenvalue weighted by Gasteiger charge is 2.13. The van der Waals surface area contributed by atoms with Crippen LogP contribution in [0.3, 0.4) is 0 Å². The number of ether oxygens (including phenoxy) is 4. The molecule has 2 aromatic carbocycles. The summed E-state index contributed by atoms with van der Waals surface area (Å²) in [5.74, 6) is 1.92. The van der Waals surface area contributed by atoms with Crippen molar-refractivity contribution in [3.8, 4) is 23.0 Å². The quantitative estimate of drug-likeness (QED) is 0.567. The first-order valence-electron chi connectivity index (χ1n) is 7.01. The van der Waals surface area contributed by atoms with E-state index < -0.39 is 0 Å². The molecule has 0 heterocycles. The van der Waals surface area contributed by atoms with Crippen LogP contribution < -0.4 is 18.9 Å². The lowest BCUT2D eigenvalue weighted by molar-refractivity contribution is 0.112. The first-order chi connectivity index (χ1) is 11.7. The van der Waals surface area contributed by atoms with Crippen LogP contribution in [0.15, 0.2) is 40.6 Å². The van der Waals surface area contributed by atoms with Gasteiger partial charge in [0.1, 0.15) is 5.75 Å². The smallest absolute Gasteiger partial charge is 0.203 e. The second-order valence-corrected chi connectivity index (χ2v) is 4.63. The molecule has 2 rings (SSSR count). The number of hydrogen-bond donors (Lipinski definition) is 0. The molecule has 0 spiro atoms. The summed E-state index contributed by atoms with van der Waals surface area (Å²) in [5, 5.41) is 8.28. The van der Waals surface area contributed by atoms with Gasteiger partial charge in [-0.05, 0) is 18.2 Å². The molecule has 0 saturated carbocycles. The fraction of sp³-hybridized carbons (Fsp3) is 0.235. The monoisotopic (exact) mass is 330 g/mol. The number of carbonyl (C=O) groups is 1. The van der Waals surface area contributed by atoms with Gasteiger partial charge in [0.05, 0.1) is 45.4 Å². The highest BCUT2D eigenvalue weighted by atomic mass is 16.5. The number of nitrogens with zero attached hydrogens (tertiary/aromatic N) is 2. The van der Waals surface area contributed by atoms with E-state index >= 15 is 0 Å². The summed E-state index contributed by atoms with van der Waals surface area (Å²) in [6.07, 6.45) is 0.706.